The van der Waals surface area contributed by atoms with Crippen LogP contribution in [0.25, 0.3) is 0 Å². The van der Waals surface area contributed by atoms with E-state index in [9.17, 15) is 0 Å². The van der Waals surface area contributed by atoms with E-state index in [0.29, 0.717) is 0 Å². The van der Waals surface area contributed by atoms with Gasteiger partial charge in [0, 0.05) is 19.5 Å². The molecule has 0 radical (unpaired) electrons. The van der Waals surface area contributed by atoms with Crippen LogP contribution in [0.2, 0.25) is 0 Å². The molecule has 1 unspecified atom stereocenters. The first-order valence-corrected chi connectivity index (χ1v) is 7.87. The Hall–Kier alpha value is -1.00. The molecule has 4 nitrogen and oxygen atoms in total. The SMILES string of the molecule is CCCNC(c1cnccn1)C1(OC)CCCCCC1. The van der Waals surface area contributed by atoms with Crippen LogP contribution in [0.5, 0.6) is 0 Å². The van der Waals surface area contributed by atoms with E-state index in [4.69, 9.17) is 4.74 Å². The summed E-state index contributed by atoms with van der Waals surface area (Å²) in [5.41, 5.74) is 0.867. The van der Waals surface area contributed by atoms with E-state index >= 15 is 0 Å². The number of nitrogens with zero attached hydrogens (tertiary/aromatic N) is 2. The van der Waals surface area contributed by atoms with E-state index in [1.54, 1.807) is 12.4 Å². The van der Waals surface area contributed by atoms with E-state index in [2.05, 4.69) is 22.2 Å². The second-order valence-corrected chi connectivity index (χ2v) is 5.70. The minimum atomic E-state index is -0.137. The Morgan fingerprint density at radius 3 is 2.55 bits per heavy atom. The van der Waals surface area contributed by atoms with E-state index in [1.807, 2.05) is 13.3 Å². The second kappa shape index (κ2) is 7.70. The van der Waals surface area contributed by atoms with Gasteiger partial charge in [0.25, 0.3) is 0 Å². The number of ether oxygens (including phenoxy) is 1. The van der Waals surface area contributed by atoms with Crippen molar-refractivity contribution in [1.82, 2.24) is 15.3 Å². The summed E-state index contributed by atoms with van der Waals surface area (Å²) >= 11 is 0. The lowest BCUT2D eigenvalue weighted by Crippen LogP contribution is -2.46. The van der Waals surface area contributed by atoms with Gasteiger partial charge >= 0.3 is 0 Å². The number of hydrogen-bond donors (Lipinski definition) is 1. The molecule has 0 bridgehead atoms. The molecule has 20 heavy (non-hydrogen) atoms. The molecule has 2 rings (SSSR count). The van der Waals surface area contributed by atoms with E-state index in [1.165, 1.54) is 25.7 Å². The highest BCUT2D eigenvalue weighted by atomic mass is 16.5. The van der Waals surface area contributed by atoms with E-state index < -0.39 is 0 Å². The summed E-state index contributed by atoms with van der Waals surface area (Å²) in [4.78, 5) is 8.77. The molecule has 1 aromatic heterocycles. The quantitative estimate of drug-likeness (QED) is 0.811. The summed E-state index contributed by atoms with van der Waals surface area (Å²) in [6, 6.07) is 0.138. The maximum atomic E-state index is 6.04. The maximum Gasteiger partial charge on any atom is 0.0888 e. The first kappa shape index (κ1) is 15.4. The molecule has 0 amide bonds. The van der Waals surface area contributed by atoms with Crippen LogP contribution >= 0.6 is 0 Å². The zero-order chi connectivity index (χ0) is 14.3. The molecular formula is C16H27N3O. The van der Waals surface area contributed by atoms with Crippen molar-refractivity contribution in [2.75, 3.05) is 13.7 Å². The van der Waals surface area contributed by atoms with Crippen molar-refractivity contribution >= 4 is 0 Å². The minimum Gasteiger partial charge on any atom is -0.376 e. The molecule has 1 N–H and O–H groups in total. The smallest absolute Gasteiger partial charge is 0.0888 e. The van der Waals surface area contributed by atoms with Crippen molar-refractivity contribution in [2.45, 2.75) is 63.5 Å². The van der Waals surface area contributed by atoms with Crippen molar-refractivity contribution < 1.29 is 4.74 Å². The van der Waals surface area contributed by atoms with Crippen LogP contribution in [-0.2, 0) is 4.74 Å². The van der Waals surface area contributed by atoms with Crippen LogP contribution in [-0.4, -0.2) is 29.2 Å². The van der Waals surface area contributed by atoms with Gasteiger partial charge in [-0.3, -0.25) is 9.97 Å². The van der Waals surface area contributed by atoms with Crippen molar-refractivity contribution in [1.29, 1.82) is 0 Å². The van der Waals surface area contributed by atoms with Gasteiger partial charge in [-0.25, -0.2) is 0 Å². The van der Waals surface area contributed by atoms with Gasteiger partial charge in [0.1, 0.15) is 0 Å². The minimum absolute atomic E-state index is 0.137. The lowest BCUT2D eigenvalue weighted by Gasteiger charge is -2.39. The van der Waals surface area contributed by atoms with Crippen LogP contribution in [0.15, 0.2) is 18.6 Å². The van der Waals surface area contributed by atoms with Gasteiger partial charge < -0.3 is 10.1 Å². The first-order chi connectivity index (χ1) is 9.82. The van der Waals surface area contributed by atoms with Crippen LogP contribution in [0, 0.1) is 0 Å². The zero-order valence-corrected chi connectivity index (χ0v) is 12.8. The van der Waals surface area contributed by atoms with Crippen molar-refractivity contribution in [3.8, 4) is 0 Å². The Bertz CT molecular complexity index is 375. The van der Waals surface area contributed by atoms with Gasteiger partial charge in [-0.05, 0) is 25.8 Å². The highest BCUT2D eigenvalue weighted by Gasteiger charge is 2.40. The van der Waals surface area contributed by atoms with Gasteiger partial charge in [0.15, 0.2) is 0 Å². The average molecular weight is 277 g/mol. The molecule has 4 heteroatoms. The monoisotopic (exact) mass is 277 g/mol. The fraction of sp³-hybridized carbons (Fsp3) is 0.750. The molecular weight excluding hydrogens is 250 g/mol. The largest absolute Gasteiger partial charge is 0.376 e. The van der Waals surface area contributed by atoms with Gasteiger partial charge in [-0.1, -0.05) is 32.6 Å². The highest BCUT2D eigenvalue weighted by Crippen LogP contribution is 2.39. The fourth-order valence-corrected chi connectivity index (χ4v) is 3.25. The Morgan fingerprint density at radius 1 is 1.25 bits per heavy atom. The topological polar surface area (TPSA) is 47.0 Å². The molecule has 1 aromatic rings. The fourth-order valence-electron chi connectivity index (χ4n) is 3.25. The third-order valence-corrected chi connectivity index (χ3v) is 4.36. The predicted octanol–water partition coefficient (Wildman–Crippen LogP) is 3.26. The molecule has 1 aliphatic rings. The Morgan fingerprint density at radius 2 is 2.00 bits per heavy atom. The molecule has 112 valence electrons. The third-order valence-electron chi connectivity index (χ3n) is 4.36. The van der Waals surface area contributed by atoms with E-state index in [0.717, 1.165) is 31.5 Å². The van der Waals surface area contributed by atoms with Crippen LogP contribution in [0.3, 0.4) is 0 Å². The summed E-state index contributed by atoms with van der Waals surface area (Å²) in [5.74, 6) is 0. The summed E-state index contributed by atoms with van der Waals surface area (Å²) in [6.45, 7) is 3.17. The van der Waals surface area contributed by atoms with Crippen LogP contribution in [0.1, 0.15) is 63.6 Å². The number of hydrogen-bond acceptors (Lipinski definition) is 4. The zero-order valence-electron chi connectivity index (χ0n) is 12.8. The van der Waals surface area contributed by atoms with Crippen LogP contribution in [0.4, 0.5) is 0 Å². The standard InChI is InChI=1S/C16H27N3O/c1-3-10-19-15(14-13-17-11-12-18-14)16(20-2)8-6-4-5-7-9-16/h11-13,15,19H,3-10H2,1-2H3. The first-order valence-electron chi connectivity index (χ1n) is 7.87. The van der Waals surface area contributed by atoms with Crippen molar-refractivity contribution in [3.05, 3.63) is 24.3 Å². The molecule has 0 saturated heterocycles. The van der Waals surface area contributed by atoms with Gasteiger partial charge in [-0.15, -0.1) is 0 Å². The number of rotatable bonds is 6. The molecule has 0 aromatic carbocycles. The summed E-state index contributed by atoms with van der Waals surface area (Å²) < 4.78 is 6.04. The Labute approximate surface area is 122 Å². The van der Waals surface area contributed by atoms with Crippen molar-refractivity contribution in [3.63, 3.8) is 0 Å². The predicted molar refractivity (Wildman–Crippen MR) is 80.5 cm³/mol. The number of aromatic nitrogens is 2. The molecule has 1 saturated carbocycles. The molecule has 1 atom stereocenters. The van der Waals surface area contributed by atoms with Gasteiger partial charge in [0.05, 0.1) is 23.5 Å². The Balaban J connectivity index is 2.27. The van der Waals surface area contributed by atoms with Gasteiger partial charge in [-0.2, -0.15) is 0 Å². The Kier molecular flexibility index (Phi) is 5.92. The normalized spacial score (nSPS) is 20.3. The highest BCUT2D eigenvalue weighted by molar-refractivity contribution is 5.11. The summed E-state index contributed by atoms with van der Waals surface area (Å²) in [7, 11) is 1.85. The van der Waals surface area contributed by atoms with Crippen molar-refractivity contribution in [2.24, 2.45) is 0 Å². The molecule has 0 aliphatic heterocycles. The lowest BCUT2D eigenvalue weighted by molar-refractivity contribution is -0.0551. The lowest BCUT2D eigenvalue weighted by atomic mass is 9.84. The van der Waals surface area contributed by atoms with E-state index in [-0.39, 0.29) is 11.6 Å². The van der Waals surface area contributed by atoms with Gasteiger partial charge in [0.2, 0.25) is 0 Å². The third kappa shape index (κ3) is 3.55. The molecule has 1 aliphatic carbocycles. The summed E-state index contributed by atoms with van der Waals surface area (Å²) in [6.07, 6.45) is 13.8. The van der Waals surface area contributed by atoms with Crippen LogP contribution < -0.4 is 5.32 Å². The average Bonchev–Trinajstić information content (AvgIpc) is 2.75. The maximum absolute atomic E-state index is 6.04. The molecule has 1 fully saturated rings. The second-order valence-electron chi connectivity index (χ2n) is 5.70. The summed E-state index contributed by atoms with van der Waals surface area (Å²) in [5, 5.41) is 3.65. The molecule has 1 heterocycles. The molecule has 0 spiro atoms. The number of nitrogens with one attached hydrogen (secondary N) is 1. The number of methoxy groups -OCH3 is 1.